The molecule has 1 saturated carbocycles. The first-order valence-electron chi connectivity index (χ1n) is 8.13. The summed E-state index contributed by atoms with van der Waals surface area (Å²) in [6.45, 7) is 9.73. The molecule has 0 bridgehead atoms. The zero-order valence-corrected chi connectivity index (χ0v) is 13.8. The van der Waals surface area contributed by atoms with E-state index in [9.17, 15) is 5.11 Å². The number of ether oxygens (including phenoxy) is 1. The lowest BCUT2D eigenvalue weighted by Gasteiger charge is -2.28. The second kappa shape index (κ2) is 6.80. The molecule has 2 rings (SSSR count). The van der Waals surface area contributed by atoms with E-state index in [0.717, 1.165) is 31.6 Å². The van der Waals surface area contributed by atoms with Gasteiger partial charge in [0.2, 0.25) is 0 Å². The van der Waals surface area contributed by atoms with Gasteiger partial charge in [0.25, 0.3) is 0 Å². The molecule has 1 aromatic rings. The highest BCUT2D eigenvalue weighted by Crippen LogP contribution is 2.33. The molecule has 1 fully saturated rings. The first kappa shape index (κ1) is 16.3. The van der Waals surface area contributed by atoms with Crippen molar-refractivity contribution < 1.29 is 9.84 Å². The smallest absolute Gasteiger partial charge is 0.120 e. The van der Waals surface area contributed by atoms with Crippen molar-refractivity contribution in [3.63, 3.8) is 0 Å². The molecule has 2 atom stereocenters. The molecule has 3 heteroatoms. The van der Waals surface area contributed by atoms with Crippen molar-refractivity contribution in [3.05, 3.63) is 29.3 Å². The summed E-state index contributed by atoms with van der Waals surface area (Å²) in [6, 6.07) is 6.39. The van der Waals surface area contributed by atoms with E-state index in [0.29, 0.717) is 5.92 Å². The fraction of sp³-hybridized carbons (Fsp3) is 0.667. The number of rotatable bonds is 6. The first-order chi connectivity index (χ1) is 9.99. The molecule has 1 aromatic carbocycles. The van der Waals surface area contributed by atoms with Gasteiger partial charge in [-0.15, -0.1) is 0 Å². The molecule has 2 N–H and O–H groups in total. The fourth-order valence-electron chi connectivity index (χ4n) is 3.47. The summed E-state index contributed by atoms with van der Waals surface area (Å²) >= 11 is 0. The average Bonchev–Trinajstić information content (AvgIpc) is 2.82. The highest BCUT2D eigenvalue weighted by atomic mass is 16.5. The number of hydrogen-bond acceptors (Lipinski definition) is 3. The van der Waals surface area contributed by atoms with E-state index in [1.54, 1.807) is 0 Å². The van der Waals surface area contributed by atoms with Crippen LogP contribution in [0.2, 0.25) is 0 Å². The van der Waals surface area contributed by atoms with E-state index < -0.39 is 0 Å². The normalized spacial score (nSPS) is 25.5. The molecule has 0 saturated heterocycles. The predicted octanol–water partition coefficient (Wildman–Crippen LogP) is 3.39. The predicted molar refractivity (Wildman–Crippen MR) is 87.0 cm³/mol. The van der Waals surface area contributed by atoms with Gasteiger partial charge in [-0.1, -0.05) is 26.8 Å². The third-order valence-corrected chi connectivity index (χ3v) is 4.58. The van der Waals surface area contributed by atoms with Crippen LogP contribution in [-0.2, 0) is 0 Å². The lowest BCUT2D eigenvalue weighted by atomic mass is 9.98. The van der Waals surface area contributed by atoms with Crippen LogP contribution in [0.4, 0.5) is 0 Å². The second-order valence-corrected chi connectivity index (χ2v) is 6.62. The molecule has 3 nitrogen and oxygen atoms in total. The minimum Gasteiger partial charge on any atom is -0.490 e. The Balaban J connectivity index is 2.02. The highest BCUT2D eigenvalue weighted by molar-refractivity contribution is 5.36. The Kier molecular flexibility index (Phi) is 5.28. The Morgan fingerprint density at radius 2 is 2.19 bits per heavy atom. The Morgan fingerprint density at radius 3 is 2.76 bits per heavy atom. The number of aliphatic hydroxyl groups is 1. The first-order valence-corrected chi connectivity index (χ1v) is 8.13. The highest BCUT2D eigenvalue weighted by Gasteiger charge is 2.39. The summed E-state index contributed by atoms with van der Waals surface area (Å²) in [5, 5.41) is 13.1. The summed E-state index contributed by atoms with van der Waals surface area (Å²) in [4.78, 5) is 0. The summed E-state index contributed by atoms with van der Waals surface area (Å²) in [7, 11) is 0. The summed E-state index contributed by atoms with van der Waals surface area (Å²) < 4.78 is 6.14. The van der Waals surface area contributed by atoms with Crippen molar-refractivity contribution in [2.45, 2.75) is 64.5 Å². The summed E-state index contributed by atoms with van der Waals surface area (Å²) in [5.41, 5.74) is 2.53. The number of likely N-dealkylation sites (N-methyl/N-ethyl adjacent to an activating group) is 1. The number of hydrogen-bond donors (Lipinski definition) is 2. The molecule has 21 heavy (non-hydrogen) atoms. The van der Waals surface area contributed by atoms with E-state index in [-0.39, 0.29) is 18.2 Å². The third-order valence-electron chi connectivity index (χ3n) is 4.58. The van der Waals surface area contributed by atoms with Crippen molar-refractivity contribution >= 4 is 0 Å². The molecular weight excluding hydrogens is 262 g/mol. The van der Waals surface area contributed by atoms with E-state index >= 15 is 0 Å². The Labute approximate surface area is 128 Å². The van der Waals surface area contributed by atoms with Gasteiger partial charge in [0.15, 0.2) is 0 Å². The van der Waals surface area contributed by atoms with Gasteiger partial charge in [-0.05, 0) is 55.5 Å². The molecule has 118 valence electrons. The van der Waals surface area contributed by atoms with Crippen LogP contribution in [0.1, 0.15) is 57.1 Å². The summed E-state index contributed by atoms with van der Waals surface area (Å²) in [6.07, 6.45) is 3.05. The van der Waals surface area contributed by atoms with Gasteiger partial charge in [-0.2, -0.15) is 0 Å². The molecule has 1 aliphatic rings. The number of aliphatic hydroxyl groups excluding tert-OH is 1. The van der Waals surface area contributed by atoms with Crippen LogP contribution in [0.15, 0.2) is 18.2 Å². The molecule has 0 aliphatic heterocycles. The minimum absolute atomic E-state index is 0.146. The van der Waals surface area contributed by atoms with E-state index in [4.69, 9.17) is 4.74 Å². The van der Waals surface area contributed by atoms with Gasteiger partial charge < -0.3 is 15.2 Å². The van der Waals surface area contributed by atoms with Crippen LogP contribution in [0.3, 0.4) is 0 Å². The average molecular weight is 291 g/mol. The molecule has 0 aromatic heterocycles. The van der Waals surface area contributed by atoms with Gasteiger partial charge >= 0.3 is 0 Å². The molecule has 0 radical (unpaired) electrons. The van der Waals surface area contributed by atoms with E-state index in [2.05, 4.69) is 51.2 Å². The Hall–Kier alpha value is -1.06. The third kappa shape index (κ3) is 3.78. The topological polar surface area (TPSA) is 41.5 Å². The van der Waals surface area contributed by atoms with Crippen molar-refractivity contribution in [2.24, 2.45) is 0 Å². The van der Waals surface area contributed by atoms with Crippen LogP contribution in [-0.4, -0.2) is 29.9 Å². The van der Waals surface area contributed by atoms with E-state index in [1.807, 2.05) is 0 Å². The van der Waals surface area contributed by atoms with Crippen LogP contribution < -0.4 is 10.1 Å². The van der Waals surface area contributed by atoms with Crippen LogP contribution >= 0.6 is 0 Å². The van der Waals surface area contributed by atoms with Gasteiger partial charge in [0, 0.05) is 12.0 Å². The summed E-state index contributed by atoms with van der Waals surface area (Å²) in [5.74, 6) is 1.49. The monoisotopic (exact) mass is 291 g/mol. The Bertz CT molecular complexity index is 472. The SMILES string of the molecule is CCNC1(CO)CCC(Oc2ccc(C(C)C)c(C)c2)C1. The van der Waals surface area contributed by atoms with Gasteiger partial charge in [0.05, 0.1) is 6.61 Å². The standard InChI is InChI=1S/C18H29NO2/c1-5-19-18(12-20)9-8-16(11-18)21-15-6-7-17(13(2)3)14(4)10-15/h6-7,10,13,16,19-20H,5,8-9,11-12H2,1-4H3. The lowest BCUT2D eigenvalue weighted by Crippen LogP contribution is -2.46. The maximum atomic E-state index is 9.66. The van der Waals surface area contributed by atoms with Crippen molar-refractivity contribution in [3.8, 4) is 5.75 Å². The van der Waals surface area contributed by atoms with Crippen molar-refractivity contribution in [2.75, 3.05) is 13.2 Å². The number of nitrogens with one attached hydrogen (secondary N) is 1. The zero-order valence-electron chi connectivity index (χ0n) is 13.8. The van der Waals surface area contributed by atoms with Crippen LogP contribution in [0.5, 0.6) is 5.75 Å². The zero-order chi connectivity index (χ0) is 15.5. The number of benzene rings is 1. The fourth-order valence-corrected chi connectivity index (χ4v) is 3.47. The van der Waals surface area contributed by atoms with Gasteiger partial charge in [0.1, 0.15) is 11.9 Å². The van der Waals surface area contributed by atoms with Crippen molar-refractivity contribution in [1.82, 2.24) is 5.32 Å². The van der Waals surface area contributed by atoms with Gasteiger partial charge in [-0.3, -0.25) is 0 Å². The molecule has 0 spiro atoms. The number of aryl methyl sites for hydroxylation is 1. The lowest BCUT2D eigenvalue weighted by molar-refractivity contribution is 0.142. The Morgan fingerprint density at radius 1 is 1.43 bits per heavy atom. The second-order valence-electron chi connectivity index (χ2n) is 6.62. The van der Waals surface area contributed by atoms with Crippen LogP contribution in [0, 0.1) is 6.92 Å². The maximum Gasteiger partial charge on any atom is 0.120 e. The minimum atomic E-state index is -0.146. The molecule has 1 aliphatic carbocycles. The molecule has 0 amide bonds. The van der Waals surface area contributed by atoms with Gasteiger partial charge in [-0.25, -0.2) is 0 Å². The largest absolute Gasteiger partial charge is 0.490 e. The quantitative estimate of drug-likeness (QED) is 0.844. The maximum absolute atomic E-state index is 9.66. The molecular formula is C18H29NO2. The van der Waals surface area contributed by atoms with Crippen LogP contribution in [0.25, 0.3) is 0 Å². The van der Waals surface area contributed by atoms with E-state index in [1.165, 1.54) is 11.1 Å². The molecule has 0 heterocycles. The molecule has 2 unspecified atom stereocenters. The van der Waals surface area contributed by atoms with Crippen molar-refractivity contribution in [1.29, 1.82) is 0 Å².